The number of methoxy groups -OCH3 is 2. The van der Waals surface area contributed by atoms with E-state index >= 15 is 0 Å². The lowest BCUT2D eigenvalue weighted by Gasteiger charge is -2.05. The smallest absolute Gasteiger partial charge is 0.277 e. The van der Waals surface area contributed by atoms with E-state index in [1.54, 1.807) is 39.3 Å². The number of benzene rings is 2. The van der Waals surface area contributed by atoms with Crippen molar-refractivity contribution in [1.82, 2.24) is 25.6 Å². The van der Waals surface area contributed by atoms with Crippen LogP contribution in [0, 0.1) is 6.92 Å². The summed E-state index contributed by atoms with van der Waals surface area (Å²) in [6, 6.07) is 15.0. The van der Waals surface area contributed by atoms with Crippen molar-refractivity contribution in [3.05, 3.63) is 60.2 Å². The molecule has 11 heteroatoms. The maximum Gasteiger partial charge on any atom is 0.277 e. The van der Waals surface area contributed by atoms with Crippen LogP contribution in [-0.4, -0.2) is 39.8 Å². The molecule has 10 nitrogen and oxygen atoms in total. The normalized spacial score (nSPS) is 11.0. The van der Waals surface area contributed by atoms with E-state index in [0.717, 1.165) is 5.56 Å². The van der Waals surface area contributed by atoms with Gasteiger partial charge in [0, 0.05) is 17.2 Å². The van der Waals surface area contributed by atoms with Crippen LogP contribution in [0.4, 0.5) is 0 Å². The summed E-state index contributed by atoms with van der Waals surface area (Å²) >= 11 is 1.29. The molecule has 5 aromatic rings. The Kier molecular flexibility index (Phi) is 6.00. The Morgan fingerprint density at radius 3 is 2.29 bits per heavy atom. The van der Waals surface area contributed by atoms with Crippen LogP contribution in [0.3, 0.4) is 0 Å². The molecule has 0 radical (unpaired) electrons. The maximum absolute atomic E-state index is 5.88. The molecule has 172 valence electrons. The highest BCUT2D eigenvalue weighted by atomic mass is 32.2. The van der Waals surface area contributed by atoms with Crippen molar-refractivity contribution in [3.63, 3.8) is 0 Å². The van der Waals surface area contributed by atoms with Gasteiger partial charge >= 0.3 is 0 Å². The Morgan fingerprint density at radius 1 is 0.824 bits per heavy atom. The average Bonchev–Trinajstić information content (AvgIpc) is 3.62. The first-order valence-electron chi connectivity index (χ1n) is 10.2. The molecule has 0 aliphatic carbocycles. The molecule has 0 spiro atoms. The molecule has 0 unspecified atom stereocenters. The zero-order valence-electron chi connectivity index (χ0n) is 18.5. The Morgan fingerprint density at radius 2 is 1.56 bits per heavy atom. The summed E-state index contributed by atoms with van der Waals surface area (Å²) in [6.45, 7) is 1.81. The minimum absolute atomic E-state index is 0.336. The van der Waals surface area contributed by atoms with E-state index in [1.165, 1.54) is 11.8 Å². The molecule has 0 amide bonds. The first-order valence-corrected chi connectivity index (χ1v) is 11.2. The van der Waals surface area contributed by atoms with Crippen molar-refractivity contribution < 1.29 is 22.8 Å². The molecule has 0 fully saturated rings. The van der Waals surface area contributed by atoms with Gasteiger partial charge in [0.05, 0.1) is 20.0 Å². The molecule has 0 aliphatic heterocycles. The fraction of sp³-hybridized carbons (Fsp3) is 0.174. The average molecular weight is 478 g/mol. The molecule has 34 heavy (non-hydrogen) atoms. The standard InChI is InChI=1S/C23H19N5O5S/c1-13-19(20(28-33-13)14-7-5-4-6-8-14)22-26-24-18(31-22)12-34-23-27-25-21(32-23)15-9-16(29-2)11-17(10-15)30-3/h4-11H,12H2,1-3H3. The van der Waals surface area contributed by atoms with Gasteiger partial charge < -0.3 is 22.8 Å². The first-order chi connectivity index (χ1) is 16.6. The number of hydrogen-bond donors (Lipinski definition) is 0. The van der Waals surface area contributed by atoms with E-state index in [-0.39, 0.29) is 0 Å². The van der Waals surface area contributed by atoms with Gasteiger partial charge in [-0.2, -0.15) is 0 Å². The van der Waals surface area contributed by atoms with Crippen LogP contribution < -0.4 is 9.47 Å². The number of ether oxygens (including phenoxy) is 2. The molecular formula is C23H19N5O5S. The quantitative estimate of drug-likeness (QED) is 0.279. The van der Waals surface area contributed by atoms with Crippen LogP contribution in [0.1, 0.15) is 11.7 Å². The van der Waals surface area contributed by atoms with Gasteiger partial charge in [0.2, 0.25) is 11.8 Å². The zero-order valence-corrected chi connectivity index (χ0v) is 19.3. The number of hydrogen-bond acceptors (Lipinski definition) is 11. The molecule has 0 saturated heterocycles. The Labute approximate surface area is 198 Å². The number of rotatable bonds is 8. The molecular weight excluding hydrogens is 458 g/mol. The fourth-order valence-corrected chi connectivity index (χ4v) is 3.87. The number of thioether (sulfide) groups is 1. The van der Waals surface area contributed by atoms with E-state index in [4.69, 9.17) is 22.8 Å². The fourth-order valence-electron chi connectivity index (χ4n) is 3.27. The molecule has 0 saturated carbocycles. The largest absolute Gasteiger partial charge is 0.497 e. The maximum atomic E-state index is 5.88. The van der Waals surface area contributed by atoms with Gasteiger partial charge in [-0.3, -0.25) is 0 Å². The summed E-state index contributed by atoms with van der Waals surface area (Å²) in [4.78, 5) is 0. The third kappa shape index (κ3) is 4.37. The lowest BCUT2D eigenvalue weighted by atomic mass is 10.1. The van der Waals surface area contributed by atoms with Gasteiger partial charge in [0.25, 0.3) is 11.1 Å². The topological polar surface area (TPSA) is 122 Å². The van der Waals surface area contributed by atoms with E-state index in [1.807, 2.05) is 30.3 Å². The van der Waals surface area contributed by atoms with Crippen molar-refractivity contribution in [2.75, 3.05) is 14.2 Å². The van der Waals surface area contributed by atoms with Crippen molar-refractivity contribution in [3.8, 4) is 45.7 Å². The molecule has 5 rings (SSSR count). The van der Waals surface area contributed by atoms with Crippen LogP contribution in [0.25, 0.3) is 34.2 Å². The third-order valence-electron chi connectivity index (χ3n) is 4.91. The predicted molar refractivity (Wildman–Crippen MR) is 122 cm³/mol. The molecule has 0 N–H and O–H groups in total. The van der Waals surface area contributed by atoms with Crippen LogP contribution in [-0.2, 0) is 5.75 Å². The van der Waals surface area contributed by atoms with E-state index in [9.17, 15) is 0 Å². The summed E-state index contributed by atoms with van der Waals surface area (Å²) in [7, 11) is 3.16. The highest BCUT2D eigenvalue weighted by Crippen LogP contribution is 2.35. The molecule has 2 aromatic carbocycles. The van der Waals surface area contributed by atoms with Crippen molar-refractivity contribution >= 4 is 11.8 Å². The number of aromatic nitrogens is 5. The summed E-state index contributed by atoms with van der Waals surface area (Å²) < 4.78 is 27.6. The second-order valence-corrected chi connectivity index (χ2v) is 8.02. The lowest BCUT2D eigenvalue weighted by molar-refractivity contribution is 0.394. The minimum Gasteiger partial charge on any atom is -0.497 e. The summed E-state index contributed by atoms with van der Waals surface area (Å²) in [5, 5.41) is 21.1. The second-order valence-electron chi connectivity index (χ2n) is 7.09. The SMILES string of the molecule is COc1cc(OC)cc(-c2nnc(SCc3nnc(-c4c(-c5ccccc5)noc4C)o3)o2)c1. The number of aryl methyl sites for hydroxylation is 1. The number of nitrogens with zero attached hydrogens (tertiary/aromatic N) is 5. The summed E-state index contributed by atoms with van der Waals surface area (Å²) in [5.41, 5.74) is 2.90. The highest BCUT2D eigenvalue weighted by Gasteiger charge is 2.22. The lowest BCUT2D eigenvalue weighted by Crippen LogP contribution is -1.88. The van der Waals surface area contributed by atoms with Crippen LogP contribution in [0.2, 0.25) is 0 Å². The predicted octanol–water partition coefficient (Wildman–Crippen LogP) is 5.06. The van der Waals surface area contributed by atoms with Crippen LogP contribution in [0.5, 0.6) is 11.5 Å². The Bertz CT molecular complexity index is 1390. The van der Waals surface area contributed by atoms with E-state index in [2.05, 4.69) is 25.6 Å². The van der Waals surface area contributed by atoms with Crippen molar-refractivity contribution in [2.45, 2.75) is 17.9 Å². The van der Waals surface area contributed by atoms with Crippen LogP contribution >= 0.6 is 11.8 Å². The molecule has 3 heterocycles. The summed E-state index contributed by atoms with van der Waals surface area (Å²) in [5.74, 6) is 3.28. The van der Waals surface area contributed by atoms with Gasteiger partial charge in [-0.05, 0) is 19.1 Å². The molecule has 0 bridgehead atoms. The minimum atomic E-state index is 0.336. The van der Waals surface area contributed by atoms with E-state index in [0.29, 0.717) is 62.7 Å². The van der Waals surface area contributed by atoms with Crippen molar-refractivity contribution in [1.29, 1.82) is 0 Å². The van der Waals surface area contributed by atoms with Gasteiger partial charge in [0.15, 0.2) is 0 Å². The van der Waals surface area contributed by atoms with Gasteiger partial charge in [-0.25, -0.2) is 0 Å². The van der Waals surface area contributed by atoms with E-state index < -0.39 is 0 Å². The van der Waals surface area contributed by atoms with Crippen LogP contribution in [0.15, 0.2) is 67.1 Å². The van der Waals surface area contributed by atoms with Gasteiger partial charge in [0.1, 0.15) is 28.5 Å². The Hall–Kier alpha value is -4.12. The van der Waals surface area contributed by atoms with Gasteiger partial charge in [-0.1, -0.05) is 47.3 Å². The molecule has 0 aliphatic rings. The monoisotopic (exact) mass is 477 g/mol. The zero-order chi connectivity index (χ0) is 23.5. The van der Waals surface area contributed by atoms with Crippen molar-refractivity contribution in [2.24, 2.45) is 0 Å². The first kappa shape index (κ1) is 21.7. The molecule has 0 atom stereocenters. The highest BCUT2D eigenvalue weighted by molar-refractivity contribution is 7.98. The third-order valence-corrected chi connectivity index (χ3v) is 5.72. The summed E-state index contributed by atoms with van der Waals surface area (Å²) in [6.07, 6.45) is 0. The molecule has 3 aromatic heterocycles. The second kappa shape index (κ2) is 9.40. The Balaban J connectivity index is 1.32. The van der Waals surface area contributed by atoms with Gasteiger partial charge in [-0.15, -0.1) is 20.4 Å².